The number of imidazole rings is 1. The Balaban J connectivity index is 1.43. The van der Waals surface area contributed by atoms with Crippen molar-refractivity contribution in [2.45, 2.75) is 38.3 Å². The molecule has 2 aromatic rings. The quantitative estimate of drug-likeness (QED) is 0.804. The maximum atomic E-state index is 13.0. The molecular weight excluding hydrogens is 392 g/mol. The van der Waals surface area contributed by atoms with Gasteiger partial charge in [-0.15, -0.1) is 0 Å². The Morgan fingerprint density at radius 1 is 1.24 bits per heavy atom. The molecule has 1 aromatic carbocycles. The summed E-state index contributed by atoms with van der Waals surface area (Å²) >= 11 is 0. The van der Waals surface area contributed by atoms with Gasteiger partial charge in [-0.1, -0.05) is 0 Å². The first-order valence-electron chi connectivity index (χ1n) is 9.76. The fourth-order valence-corrected chi connectivity index (χ4v) is 5.16. The number of carbonyl (C=O) groups is 1. The zero-order chi connectivity index (χ0) is 20.8. The number of aliphatic hydroxyl groups is 1. The van der Waals surface area contributed by atoms with Crippen LogP contribution in [0, 0.1) is 6.92 Å². The van der Waals surface area contributed by atoms with E-state index in [1.165, 1.54) is 10.6 Å². The van der Waals surface area contributed by atoms with Crippen molar-refractivity contribution in [3.05, 3.63) is 47.5 Å². The number of likely N-dealkylation sites (tertiary alicyclic amines) is 1. The molecule has 1 N–H and O–H groups in total. The van der Waals surface area contributed by atoms with E-state index in [2.05, 4.69) is 4.98 Å². The van der Waals surface area contributed by atoms with Gasteiger partial charge in [-0.2, -0.15) is 0 Å². The average molecular weight is 419 g/mol. The summed E-state index contributed by atoms with van der Waals surface area (Å²) in [6, 6.07) is 5.22. The lowest BCUT2D eigenvalue weighted by Gasteiger charge is -2.38. The average Bonchev–Trinajstić information content (AvgIpc) is 3.27. The van der Waals surface area contributed by atoms with Crippen LogP contribution in [-0.2, 0) is 23.0 Å². The molecule has 0 unspecified atom stereocenters. The molecule has 2 aliphatic rings. The molecule has 0 radical (unpaired) electrons. The summed E-state index contributed by atoms with van der Waals surface area (Å²) in [5.41, 5.74) is 1.25. The first kappa shape index (κ1) is 19.9. The summed E-state index contributed by atoms with van der Waals surface area (Å²) in [6.45, 7) is 3.75. The first-order chi connectivity index (χ1) is 13.7. The summed E-state index contributed by atoms with van der Waals surface area (Å²) in [5, 5.41) is 10.9. The minimum absolute atomic E-state index is 0.0773. The monoisotopic (exact) mass is 418 g/mol. The van der Waals surface area contributed by atoms with Gasteiger partial charge in [-0.05, 0) is 49.9 Å². The van der Waals surface area contributed by atoms with Gasteiger partial charge in [-0.3, -0.25) is 9.10 Å². The fraction of sp³-hybridized carbons (Fsp3) is 0.500. The van der Waals surface area contributed by atoms with Crippen LogP contribution in [0.5, 0.6) is 0 Å². The van der Waals surface area contributed by atoms with Gasteiger partial charge in [0.1, 0.15) is 5.82 Å². The molecule has 0 saturated carbocycles. The van der Waals surface area contributed by atoms with Crippen LogP contribution >= 0.6 is 0 Å². The van der Waals surface area contributed by atoms with Gasteiger partial charge in [0.05, 0.1) is 24.1 Å². The number of amides is 1. The van der Waals surface area contributed by atoms with Crippen molar-refractivity contribution in [2.24, 2.45) is 0 Å². The number of piperidine rings is 1. The third kappa shape index (κ3) is 3.89. The summed E-state index contributed by atoms with van der Waals surface area (Å²) in [4.78, 5) is 18.9. The third-order valence-corrected chi connectivity index (χ3v) is 7.13. The highest BCUT2D eigenvalue weighted by atomic mass is 32.2. The van der Waals surface area contributed by atoms with Crippen molar-refractivity contribution in [2.75, 3.05) is 30.2 Å². The number of carbonyl (C=O) groups excluding carboxylic acids is 1. The van der Waals surface area contributed by atoms with Crippen molar-refractivity contribution in [1.29, 1.82) is 0 Å². The van der Waals surface area contributed by atoms with Gasteiger partial charge >= 0.3 is 0 Å². The number of hydrogen-bond acceptors (Lipinski definition) is 5. The van der Waals surface area contributed by atoms with Crippen LogP contribution in [0.2, 0.25) is 0 Å². The number of anilines is 1. The molecule has 3 heterocycles. The number of aryl methyl sites for hydroxylation is 1. The lowest BCUT2D eigenvalue weighted by molar-refractivity contribution is -0.0295. The summed E-state index contributed by atoms with van der Waals surface area (Å²) in [6.07, 6.45) is 6.38. The summed E-state index contributed by atoms with van der Waals surface area (Å²) < 4.78 is 27.1. The number of sulfonamides is 1. The lowest BCUT2D eigenvalue weighted by atomic mass is 9.90. The predicted octanol–water partition coefficient (Wildman–Crippen LogP) is 1.18. The molecule has 2 aliphatic heterocycles. The Kier molecular flexibility index (Phi) is 4.90. The second kappa shape index (κ2) is 7.14. The SMILES string of the molecule is Cc1nccn1CC1(O)CCN(C(=O)c2ccc3c(c2)CCN3S(C)(=O)=O)CC1. The molecule has 1 aromatic heterocycles. The Hall–Kier alpha value is -2.39. The lowest BCUT2D eigenvalue weighted by Crippen LogP contribution is -2.48. The predicted molar refractivity (Wildman–Crippen MR) is 109 cm³/mol. The molecule has 0 bridgehead atoms. The first-order valence-corrected chi connectivity index (χ1v) is 11.6. The van der Waals surface area contributed by atoms with E-state index < -0.39 is 15.6 Å². The van der Waals surface area contributed by atoms with E-state index >= 15 is 0 Å². The van der Waals surface area contributed by atoms with Crippen molar-refractivity contribution >= 4 is 21.6 Å². The number of benzene rings is 1. The van der Waals surface area contributed by atoms with E-state index in [1.54, 1.807) is 29.3 Å². The Morgan fingerprint density at radius 2 is 1.97 bits per heavy atom. The molecule has 0 spiro atoms. The Bertz CT molecular complexity index is 1040. The minimum atomic E-state index is -3.30. The number of hydrogen-bond donors (Lipinski definition) is 1. The van der Waals surface area contributed by atoms with Crippen LogP contribution < -0.4 is 4.31 Å². The maximum Gasteiger partial charge on any atom is 0.253 e. The molecule has 8 nitrogen and oxygen atoms in total. The topological polar surface area (TPSA) is 95.7 Å². The standard InChI is InChI=1S/C20H26N4O4S/c1-15-21-8-12-23(15)14-20(26)6-10-22(11-7-20)19(25)17-3-4-18-16(13-17)5-9-24(18)29(2,27)28/h3-4,8,12-13,26H,5-7,9-11,14H2,1-2H3. The van der Waals surface area contributed by atoms with E-state index in [0.29, 0.717) is 56.7 Å². The largest absolute Gasteiger partial charge is 0.388 e. The molecule has 9 heteroatoms. The maximum absolute atomic E-state index is 13.0. The van der Waals surface area contributed by atoms with Crippen LogP contribution in [0.4, 0.5) is 5.69 Å². The van der Waals surface area contributed by atoms with E-state index in [9.17, 15) is 18.3 Å². The zero-order valence-electron chi connectivity index (χ0n) is 16.7. The highest BCUT2D eigenvalue weighted by molar-refractivity contribution is 7.92. The minimum Gasteiger partial charge on any atom is -0.388 e. The fourth-order valence-electron chi connectivity index (χ4n) is 4.20. The van der Waals surface area contributed by atoms with Crippen LogP contribution in [-0.4, -0.2) is 65.4 Å². The highest BCUT2D eigenvalue weighted by Crippen LogP contribution is 2.32. The van der Waals surface area contributed by atoms with Gasteiger partial charge in [-0.25, -0.2) is 13.4 Å². The molecule has 0 atom stereocenters. The van der Waals surface area contributed by atoms with Crippen molar-refractivity contribution in [3.63, 3.8) is 0 Å². The number of aromatic nitrogens is 2. The molecule has 156 valence electrons. The van der Waals surface area contributed by atoms with E-state index in [1.807, 2.05) is 17.7 Å². The molecule has 1 saturated heterocycles. The summed E-state index contributed by atoms with van der Waals surface area (Å²) in [7, 11) is -3.30. The normalized spacial score (nSPS) is 18.7. The van der Waals surface area contributed by atoms with Gasteiger partial charge < -0.3 is 14.6 Å². The van der Waals surface area contributed by atoms with Crippen molar-refractivity contribution in [1.82, 2.24) is 14.5 Å². The van der Waals surface area contributed by atoms with Crippen molar-refractivity contribution < 1.29 is 18.3 Å². The number of fused-ring (bicyclic) bond motifs is 1. The van der Waals surface area contributed by atoms with Gasteiger partial charge in [0.2, 0.25) is 10.0 Å². The van der Waals surface area contributed by atoms with Crippen LogP contribution in [0.1, 0.15) is 34.6 Å². The molecule has 1 fully saturated rings. The third-order valence-electron chi connectivity index (χ3n) is 5.95. The van der Waals surface area contributed by atoms with Crippen LogP contribution in [0.3, 0.4) is 0 Å². The van der Waals surface area contributed by atoms with Crippen LogP contribution in [0.15, 0.2) is 30.6 Å². The molecule has 4 rings (SSSR count). The number of nitrogens with zero attached hydrogens (tertiary/aromatic N) is 4. The molecule has 29 heavy (non-hydrogen) atoms. The van der Waals surface area contributed by atoms with E-state index in [-0.39, 0.29) is 5.91 Å². The van der Waals surface area contributed by atoms with Gasteiger partial charge in [0.25, 0.3) is 5.91 Å². The molecule has 1 amide bonds. The molecule has 0 aliphatic carbocycles. The van der Waals surface area contributed by atoms with Crippen molar-refractivity contribution in [3.8, 4) is 0 Å². The van der Waals surface area contributed by atoms with E-state index in [4.69, 9.17) is 0 Å². The Labute approximate surface area is 170 Å². The Morgan fingerprint density at radius 3 is 2.59 bits per heavy atom. The van der Waals surface area contributed by atoms with E-state index in [0.717, 1.165) is 11.4 Å². The van der Waals surface area contributed by atoms with Gasteiger partial charge in [0, 0.05) is 37.6 Å². The number of rotatable bonds is 4. The van der Waals surface area contributed by atoms with Crippen LogP contribution in [0.25, 0.3) is 0 Å². The zero-order valence-corrected chi connectivity index (χ0v) is 17.5. The highest BCUT2D eigenvalue weighted by Gasteiger charge is 2.35. The second-order valence-corrected chi connectivity index (χ2v) is 9.95. The smallest absolute Gasteiger partial charge is 0.253 e. The second-order valence-electron chi connectivity index (χ2n) is 8.05. The summed E-state index contributed by atoms with van der Waals surface area (Å²) in [5.74, 6) is 0.782. The van der Waals surface area contributed by atoms with Gasteiger partial charge in [0.15, 0.2) is 0 Å². The molecular formula is C20H26N4O4S.